The highest BCUT2D eigenvalue weighted by Gasteiger charge is 2.55. The summed E-state index contributed by atoms with van der Waals surface area (Å²) in [7, 11) is 0. The van der Waals surface area contributed by atoms with Gasteiger partial charge in [0.05, 0.1) is 32.5 Å². The van der Waals surface area contributed by atoms with Crippen molar-refractivity contribution in [3.8, 4) is 23.0 Å². The summed E-state index contributed by atoms with van der Waals surface area (Å²) in [6.07, 6.45) is -16.8. The standard InChI is InChI=1S/C34H44O19/c1-15-27(52-33-30(45)34(46,13-36)14-48-33)24(42)25(43)32(49-15)53-29-26(44)31(47-9-8-17-3-6-19(38)21(40)11-17)50-22(12-35)28(29)51-23(41)7-4-16-2-5-18(37)20(39)10-16/h2-7,10-11,15,22,24-33,35-40,42-46H,8-9,12-14H2,1H3/t15-,22+,24-,25+,26+,27-,28+,29+,30-,31+,32-,33-,34+/m0/s1. The number of ether oxygens (including phenoxy) is 7. The van der Waals surface area contributed by atoms with Crippen LogP contribution >= 0.6 is 0 Å². The lowest BCUT2D eigenvalue weighted by molar-refractivity contribution is -0.365. The van der Waals surface area contributed by atoms with E-state index in [0.29, 0.717) is 11.1 Å². The van der Waals surface area contributed by atoms with Crippen molar-refractivity contribution in [3.05, 3.63) is 53.6 Å². The van der Waals surface area contributed by atoms with Gasteiger partial charge in [0, 0.05) is 6.08 Å². The number of carbonyl (C=O) groups excluding carboxylic acids is 1. The number of hydrogen-bond donors (Lipinski definition) is 11. The van der Waals surface area contributed by atoms with Crippen molar-refractivity contribution in [2.75, 3.05) is 26.4 Å². The number of phenolic OH excluding ortho intramolecular Hbond substituents is 4. The number of esters is 1. The van der Waals surface area contributed by atoms with Gasteiger partial charge >= 0.3 is 5.97 Å². The molecule has 5 rings (SSSR count). The zero-order chi connectivity index (χ0) is 38.6. The number of phenols is 4. The molecule has 0 aromatic heterocycles. The van der Waals surface area contributed by atoms with Crippen LogP contribution in [0.25, 0.3) is 6.08 Å². The number of rotatable bonds is 13. The first-order chi connectivity index (χ1) is 25.1. The second-order valence-electron chi connectivity index (χ2n) is 12.9. The van der Waals surface area contributed by atoms with Crippen molar-refractivity contribution in [3.63, 3.8) is 0 Å². The van der Waals surface area contributed by atoms with E-state index in [1.54, 1.807) is 0 Å². The average molecular weight is 757 g/mol. The average Bonchev–Trinajstić information content (AvgIpc) is 3.42. The molecule has 0 aliphatic carbocycles. The number of carbonyl (C=O) groups is 1. The second kappa shape index (κ2) is 17.2. The quantitative estimate of drug-likeness (QED) is 0.0569. The first-order valence-corrected chi connectivity index (χ1v) is 16.6. The van der Waals surface area contributed by atoms with Crippen molar-refractivity contribution in [1.82, 2.24) is 0 Å². The van der Waals surface area contributed by atoms with Gasteiger partial charge in [0.2, 0.25) is 0 Å². The van der Waals surface area contributed by atoms with Crippen molar-refractivity contribution in [2.45, 2.75) is 92.8 Å². The number of hydrogen-bond acceptors (Lipinski definition) is 19. The Morgan fingerprint density at radius 3 is 2.15 bits per heavy atom. The van der Waals surface area contributed by atoms with Crippen LogP contribution < -0.4 is 0 Å². The highest BCUT2D eigenvalue weighted by Crippen LogP contribution is 2.35. The number of aliphatic hydroxyl groups is 7. The third-order valence-electron chi connectivity index (χ3n) is 9.11. The van der Waals surface area contributed by atoms with Crippen molar-refractivity contribution < 1.29 is 94.1 Å². The van der Waals surface area contributed by atoms with Gasteiger partial charge in [0.15, 0.2) is 48.0 Å². The van der Waals surface area contributed by atoms with Gasteiger partial charge in [-0.25, -0.2) is 4.79 Å². The lowest BCUT2D eigenvalue weighted by Crippen LogP contribution is -2.65. The lowest BCUT2D eigenvalue weighted by Gasteiger charge is -2.47. The van der Waals surface area contributed by atoms with Crippen molar-refractivity contribution in [2.24, 2.45) is 0 Å². The Morgan fingerprint density at radius 1 is 0.830 bits per heavy atom. The SMILES string of the molecule is C[C@@H]1O[C@@H](O[C@@H]2[C@@H](O)[C@H](OCCc3ccc(O)c(O)c3)O[C@H](CO)[C@H]2OC(=O)C=Cc2ccc(O)c(O)c2)[C@H](O)[C@H](O)[C@H]1O[C@@H]1OC[C@](O)(CO)[C@H]1O. The van der Waals surface area contributed by atoms with Gasteiger partial charge in [0.25, 0.3) is 0 Å². The van der Waals surface area contributed by atoms with Crippen LogP contribution in [0.1, 0.15) is 18.1 Å². The molecule has 13 atom stereocenters. The lowest BCUT2D eigenvalue weighted by atomic mass is 9.96. The summed E-state index contributed by atoms with van der Waals surface area (Å²) in [5, 5.41) is 113. The van der Waals surface area contributed by atoms with Gasteiger partial charge in [-0.3, -0.25) is 0 Å². The second-order valence-corrected chi connectivity index (χ2v) is 12.9. The maximum atomic E-state index is 13.0. The molecule has 2 aromatic carbocycles. The molecule has 11 N–H and O–H groups in total. The molecule has 0 spiro atoms. The van der Waals surface area contributed by atoms with Crippen molar-refractivity contribution >= 4 is 12.0 Å². The smallest absolute Gasteiger partial charge is 0.331 e. The summed E-state index contributed by atoms with van der Waals surface area (Å²) in [5.74, 6) is -2.54. The fourth-order valence-corrected chi connectivity index (χ4v) is 6.00. The molecule has 3 aliphatic rings. The molecular formula is C34H44O19. The Labute approximate surface area is 302 Å². The first kappa shape index (κ1) is 40.5. The van der Waals surface area contributed by atoms with E-state index < -0.39 is 111 Å². The van der Waals surface area contributed by atoms with Gasteiger partial charge in [-0.15, -0.1) is 0 Å². The number of aliphatic hydroxyl groups excluding tert-OH is 6. The van der Waals surface area contributed by atoms with Crippen LogP contribution in [0.5, 0.6) is 23.0 Å². The van der Waals surface area contributed by atoms with Crippen LogP contribution in [-0.2, 0) is 44.4 Å². The molecule has 2 aromatic rings. The van der Waals surface area contributed by atoms with E-state index >= 15 is 0 Å². The largest absolute Gasteiger partial charge is 0.504 e. The molecule has 0 bridgehead atoms. The number of benzene rings is 2. The van der Waals surface area contributed by atoms with Gasteiger partial charge in [-0.05, 0) is 54.8 Å². The van der Waals surface area contributed by atoms with Gasteiger partial charge < -0.3 is 89.3 Å². The molecule has 3 saturated heterocycles. The summed E-state index contributed by atoms with van der Waals surface area (Å²) in [4.78, 5) is 13.0. The van der Waals surface area contributed by atoms with E-state index in [1.165, 1.54) is 49.4 Å². The third-order valence-corrected chi connectivity index (χ3v) is 9.11. The van der Waals surface area contributed by atoms with Crippen LogP contribution in [0.4, 0.5) is 0 Å². The molecule has 0 amide bonds. The van der Waals surface area contributed by atoms with Gasteiger partial charge in [0.1, 0.15) is 48.3 Å². The van der Waals surface area contributed by atoms with Gasteiger partial charge in [-0.2, -0.15) is 0 Å². The van der Waals surface area contributed by atoms with E-state index in [-0.39, 0.29) is 30.3 Å². The molecule has 294 valence electrons. The molecule has 3 aliphatic heterocycles. The predicted molar refractivity (Wildman–Crippen MR) is 174 cm³/mol. The first-order valence-electron chi connectivity index (χ1n) is 16.6. The molecule has 3 heterocycles. The predicted octanol–water partition coefficient (Wildman–Crippen LogP) is -2.55. The monoisotopic (exact) mass is 756 g/mol. The fraction of sp³-hybridized carbons (Fsp3) is 0.559. The summed E-state index contributed by atoms with van der Waals surface area (Å²) in [5.41, 5.74) is -1.18. The van der Waals surface area contributed by atoms with E-state index in [1.807, 2.05) is 0 Å². The highest BCUT2D eigenvalue weighted by molar-refractivity contribution is 5.87. The molecule has 19 nitrogen and oxygen atoms in total. The molecular weight excluding hydrogens is 712 g/mol. The Kier molecular flexibility index (Phi) is 13.2. The minimum Gasteiger partial charge on any atom is -0.504 e. The van der Waals surface area contributed by atoms with Crippen LogP contribution in [0.2, 0.25) is 0 Å². The van der Waals surface area contributed by atoms with Crippen LogP contribution in [0.3, 0.4) is 0 Å². The molecule has 0 saturated carbocycles. The van der Waals surface area contributed by atoms with Crippen molar-refractivity contribution in [1.29, 1.82) is 0 Å². The normalized spacial score (nSPS) is 36.2. The van der Waals surface area contributed by atoms with Gasteiger partial charge in [-0.1, -0.05) is 12.1 Å². The topological polar surface area (TPSA) is 304 Å². The minimum atomic E-state index is -2.03. The Hall–Kier alpha value is -3.67. The Morgan fingerprint density at radius 2 is 1.51 bits per heavy atom. The molecule has 3 fully saturated rings. The molecule has 0 unspecified atom stereocenters. The van der Waals surface area contributed by atoms with E-state index in [0.717, 1.165) is 6.08 Å². The summed E-state index contributed by atoms with van der Waals surface area (Å²) in [6.45, 7) is -0.826. The minimum absolute atomic E-state index is 0.124. The zero-order valence-corrected chi connectivity index (χ0v) is 28.3. The summed E-state index contributed by atoms with van der Waals surface area (Å²) >= 11 is 0. The number of aromatic hydroxyl groups is 4. The van der Waals surface area contributed by atoms with E-state index in [4.69, 9.17) is 33.2 Å². The summed E-state index contributed by atoms with van der Waals surface area (Å²) < 4.78 is 39.7. The molecule has 0 radical (unpaired) electrons. The van der Waals surface area contributed by atoms with E-state index in [2.05, 4.69) is 0 Å². The fourth-order valence-electron chi connectivity index (χ4n) is 6.00. The Balaban J connectivity index is 1.32. The van der Waals surface area contributed by atoms with Crippen LogP contribution in [0, 0.1) is 0 Å². The molecule has 19 heteroatoms. The Bertz CT molecular complexity index is 1570. The molecule has 53 heavy (non-hydrogen) atoms. The maximum Gasteiger partial charge on any atom is 0.331 e. The van der Waals surface area contributed by atoms with Crippen LogP contribution in [-0.4, -0.2) is 168 Å². The maximum absolute atomic E-state index is 13.0. The van der Waals surface area contributed by atoms with E-state index in [9.17, 15) is 61.0 Å². The highest BCUT2D eigenvalue weighted by atomic mass is 16.8. The van der Waals surface area contributed by atoms with Crippen LogP contribution in [0.15, 0.2) is 42.5 Å². The third kappa shape index (κ3) is 9.18. The zero-order valence-electron chi connectivity index (χ0n) is 28.3. The summed E-state index contributed by atoms with van der Waals surface area (Å²) in [6, 6.07) is 7.87.